The lowest BCUT2D eigenvalue weighted by molar-refractivity contribution is -0.386. The molecule has 1 unspecified atom stereocenters. The highest BCUT2D eigenvalue weighted by atomic mass is 16.6. The second-order valence-corrected chi connectivity index (χ2v) is 4.12. The highest BCUT2D eigenvalue weighted by Crippen LogP contribution is 2.25. The van der Waals surface area contributed by atoms with Crippen LogP contribution in [0.2, 0.25) is 0 Å². The van der Waals surface area contributed by atoms with E-state index in [-0.39, 0.29) is 5.69 Å². The molecule has 1 aromatic rings. The van der Waals surface area contributed by atoms with E-state index in [1.165, 1.54) is 0 Å². The van der Waals surface area contributed by atoms with Crippen LogP contribution in [0, 0.1) is 23.0 Å². The molecule has 0 aliphatic rings. The number of nitro groups is 1. The van der Waals surface area contributed by atoms with E-state index < -0.39 is 16.8 Å². The van der Waals surface area contributed by atoms with Crippen LogP contribution in [0.1, 0.15) is 24.5 Å². The van der Waals surface area contributed by atoms with Gasteiger partial charge in [-0.2, -0.15) is 0 Å². The molecule has 0 aliphatic heterocycles. The van der Waals surface area contributed by atoms with Crippen molar-refractivity contribution in [3.05, 3.63) is 39.4 Å². The van der Waals surface area contributed by atoms with Gasteiger partial charge < -0.3 is 5.11 Å². The number of hydrogen-bond acceptors (Lipinski definition) is 3. The SMILES string of the molecule is Cc1cccc(CCC(C)C(=O)O)c1[N+](=O)[O-]. The standard InChI is InChI=1S/C12H15NO4/c1-8-4-3-5-10(11(8)13(16)17)7-6-9(2)12(14)15/h3-5,9H,6-7H2,1-2H3,(H,14,15). The number of carboxylic acids is 1. The Bertz CT molecular complexity index is 442. The second kappa shape index (κ2) is 5.43. The fraction of sp³-hybridized carbons (Fsp3) is 0.417. The lowest BCUT2D eigenvalue weighted by Crippen LogP contribution is -2.10. The Hall–Kier alpha value is -1.91. The number of nitro benzene ring substituents is 1. The van der Waals surface area contributed by atoms with Crippen molar-refractivity contribution >= 4 is 11.7 Å². The van der Waals surface area contributed by atoms with Gasteiger partial charge in [0.25, 0.3) is 5.69 Å². The minimum atomic E-state index is -0.875. The molecule has 1 aromatic carbocycles. The Morgan fingerprint density at radius 1 is 1.53 bits per heavy atom. The topological polar surface area (TPSA) is 80.4 Å². The third-order valence-electron chi connectivity index (χ3n) is 2.77. The van der Waals surface area contributed by atoms with Crippen molar-refractivity contribution in [1.82, 2.24) is 0 Å². The maximum absolute atomic E-state index is 10.9. The zero-order chi connectivity index (χ0) is 13.0. The van der Waals surface area contributed by atoms with Crippen molar-refractivity contribution in [3.8, 4) is 0 Å². The molecule has 1 N–H and O–H groups in total. The van der Waals surface area contributed by atoms with Gasteiger partial charge in [0.15, 0.2) is 0 Å². The fourth-order valence-electron chi connectivity index (χ4n) is 1.68. The van der Waals surface area contributed by atoms with Crippen LogP contribution in [0.3, 0.4) is 0 Å². The average molecular weight is 237 g/mol. The lowest BCUT2D eigenvalue weighted by atomic mass is 9.98. The predicted octanol–water partition coefficient (Wildman–Crippen LogP) is 2.56. The van der Waals surface area contributed by atoms with Crippen molar-refractivity contribution in [3.63, 3.8) is 0 Å². The van der Waals surface area contributed by atoms with Gasteiger partial charge in [-0.1, -0.05) is 25.1 Å². The molecule has 0 amide bonds. The van der Waals surface area contributed by atoms with E-state index in [1.54, 1.807) is 32.0 Å². The van der Waals surface area contributed by atoms with E-state index in [9.17, 15) is 14.9 Å². The summed E-state index contributed by atoms with van der Waals surface area (Å²) in [6, 6.07) is 5.12. The predicted molar refractivity (Wildman–Crippen MR) is 63.0 cm³/mol. The fourth-order valence-corrected chi connectivity index (χ4v) is 1.68. The summed E-state index contributed by atoms with van der Waals surface area (Å²) >= 11 is 0. The van der Waals surface area contributed by atoms with Gasteiger partial charge in [0, 0.05) is 11.1 Å². The Morgan fingerprint density at radius 3 is 2.71 bits per heavy atom. The number of nitrogens with zero attached hydrogens (tertiary/aromatic N) is 1. The number of hydrogen-bond donors (Lipinski definition) is 1. The first-order valence-corrected chi connectivity index (χ1v) is 5.39. The number of rotatable bonds is 5. The van der Waals surface area contributed by atoms with Gasteiger partial charge >= 0.3 is 5.97 Å². The monoisotopic (exact) mass is 237 g/mol. The molecule has 5 heteroatoms. The zero-order valence-corrected chi connectivity index (χ0v) is 9.84. The summed E-state index contributed by atoms with van der Waals surface area (Å²) < 4.78 is 0. The van der Waals surface area contributed by atoms with E-state index in [2.05, 4.69) is 0 Å². The first kappa shape index (κ1) is 13.2. The van der Waals surface area contributed by atoms with E-state index in [0.717, 1.165) is 0 Å². The molecule has 0 bridgehead atoms. The molecule has 0 aromatic heterocycles. The van der Waals surface area contributed by atoms with Crippen molar-refractivity contribution in [2.24, 2.45) is 5.92 Å². The maximum Gasteiger partial charge on any atom is 0.306 e. The summed E-state index contributed by atoms with van der Waals surface area (Å²) in [5, 5.41) is 19.7. The first-order valence-electron chi connectivity index (χ1n) is 5.39. The Morgan fingerprint density at radius 2 is 2.18 bits per heavy atom. The molecule has 0 heterocycles. The van der Waals surface area contributed by atoms with E-state index >= 15 is 0 Å². The van der Waals surface area contributed by atoms with Crippen LogP contribution in [0.15, 0.2) is 18.2 Å². The summed E-state index contributed by atoms with van der Waals surface area (Å²) in [7, 11) is 0. The molecule has 5 nitrogen and oxygen atoms in total. The molecule has 92 valence electrons. The van der Waals surface area contributed by atoms with Crippen LogP contribution in [-0.2, 0) is 11.2 Å². The van der Waals surface area contributed by atoms with Gasteiger partial charge in [0.2, 0.25) is 0 Å². The average Bonchev–Trinajstić information content (AvgIpc) is 2.24. The zero-order valence-electron chi connectivity index (χ0n) is 9.84. The third kappa shape index (κ3) is 3.27. The Labute approximate surface area is 99.2 Å². The van der Waals surface area contributed by atoms with Crippen molar-refractivity contribution in [2.75, 3.05) is 0 Å². The van der Waals surface area contributed by atoms with Crippen molar-refractivity contribution < 1.29 is 14.8 Å². The van der Waals surface area contributed by atoms with Crippen LogP contribution in [0.25, 0.3) is 0 Å². The summed E-state index contributed by atoms with van der Waals surface area (Å²) in [5.74, 6) is -1.37. The number of benzene rings is 1. The van der Waals surface area contributed by atoms with E-state index in [0.29, 0.717) is 24.0 Å². The van der Waals surface area contributed by atoms with Crippen molar-refractivity contribution in [2.45, 2.75) is 26.7 Å². The maximum atomic E-state index is 10.9. The van der Waals surface area contributed by atoms with Crippen LogP contribution in [0.5, 0.6) is 0 Å². The van der Waals surface area contributed by atoms with Gasteiger partial charge in [-0.15, -0.1) is 0 Å². The summed E-state index contributed by atoms with van der Waals surface area (Å²) in [6.45, 7) is 3.28. The van der Waals surface area contributed by atoms with Gasteiger partial charge in [-0.05, 0) is 19.8 Å². The van der Waals surface area contributed by atoms with Crippen molar-refractivity contribution in [1.29, 1.82) is 0 Å². The largest absolute Gasteiger partial charge is 0.481 e. The van der Waals surface area contributed by atoms with Gasteiger partial charge in [-0.3, -0.25) is 14.9 Å². The van der Waals surface area contributed by atoms with Gasteiger partial charge in [0.1, 0.15) is 0 Å². The minimum Gasteiger partial charge on any atom is -0.481 e. The molecule has 0 fully saturated rings. The highest BCUT2D eigenvalue weighted by molar-refractivity contribution is 5.69. The minimum absolute atomic E-state index is 0.102. The molecule has 1 atom stereocenters. The number of carbonyl (C=O) groups is 1. The summed E-state index contributed by atoms with van der Waals surface area (Å²) in [6.07, 6.45) is 0.811. The Balaban J connectivity index is 2.88. The van der Waals surface area contributed by atoms with Gasteiger partial charge in [-0.25, -0.2) is 0 Å². The van der Waals surface area contributed by atoms with Crippen LogP contribution in [0.4, 0.5) is 5.69 Å². The molecule has 0 radical (unpaired) electrons. The molecular weight excluding hydrogens is 222 g/mol. The number of aliphatic carboxylic acids is 1. The first-order chi connectivity index (χ1) is 7.93. The molecule has 0 spiro atoms. The van der Waals surface area contributed by atoms with Crippen LogP contribution >= 0.6 is 0 Å². The molecule has 1 rings (SSSR count). The van der Waals surface area contributed by atoms with E-state index in [1.807, 2.05) is 0 Å². The summed E-state index contributed by atoms with van der Waals surface area (Å²) in [4.78, 5) is 21.2. The van der Waals surface area contributed by atoms with Gasteiger partial charge in [0.05, 0.1) is 10.8 Å². The molecule has 0 saturated heterocycles. The highest BCUT2D eigenvalue weighted by Gasteiger charge is 2.18. The quantitative estimate of drug-likeness (QED) is 0.630. The van der Waals surface area contributed by atoms with Crippen LogP contribution in [-0.4, -0.2) is 16.0 Å². The van der Waals surface area contributed by atoms with E-state index in [4.69, 9.17) is 5.11 Å². The van der Waals surface area contributed by atoms with Crippen LogP contribution < -0.4 is 0 Å². The smallest absolute Gasteiger partial charge is 0.306 e. The molecule has 0 saturated carbocycles. The molecular formula is C12H15NO4. The third-order valence-corrected chi connectivity index (χ3v) is 2.77. The normalized spacial score (nSPS) is 12.1. The second-order valence-electron chi connectivity index (χ2n) is 4.12. The number of para-hydroxylation sites is 1. The number of carboxylic acid groups (broad SMARTS) is 1. The molecule has 17 heavy (non-hydrogen) atoms. The molecule has 0 aliphatic carbocycles. The Kier molecular flexibility index (Phi) is 4.20. The summed E-state index contributed by atoms with van der Waals surface area (Å²) in [5.41, 5.74) is 1.31. The number of aryl methyl sites for hydroxylation is 2. The lowest BCUT2D eigenvalue weighted by Gasteiger charge is -2.07.